The smallest absolute Gasteiger partial charge is 0.475 e. The van der Waals surface area contributed by atoms with Gasteiger partial charge >= 0.3 is 24.3 Å². The van der Waals surface area contributed by atoms with Gasteiger partial charge in [-0.05, 0) is 19.3 Å². The molecule has 1 aliphatic carbocycles. The summed E-state index contributed by atoms with van der Waals surface area (Å²) in [6.45, 7) is 1.17. The summed E-state index contributed by atoms with van der Waals surface area (Å²) in [4.78, 5) is 17.8. The fraction of sp³-hybridized carbons (Fsp3) is 0.818. The second-order valence-corrected chi connectivity index (χ2v) is 4.90. The molecule has 0 aromatic carbocycles. The molecule has 6 nitrogen and oxygen atoms in total. The van der Waals surface area contributed by atoms with Crippen molar-refractivity contribution in [1.82, 2.24) is 10.9 Å². The third kappa shape index (κ3) is 8.59. The van der Waals surface area contributed by atoms with E-state index in [0.29, 0.717) is 5.54 Å². The summed E-state index contributed by atoms with van der Waals surface area (Å²) < 4.78 is 63.5. The maximum Gasteiger partial charge on any atom is 0.490 e. The van der Waals surface area contributed by atoms with Crippen LogP contribution < -0.4 is 10.9 Å². The van der Waals surface area contributed by atoms with Gasteiger partial charge in [-0.3, -0.25) is 10.9 Å². The predicted molar refractivity (Wildman–Crippen MR) is 64.3 cm³/mol. The molecule has 1 saturated carbocycles. The number of nitrogens with one attached hydrogen (secondary N) is 2. The topological polar surface area (TPSA) is 98.7 Å². The van der Waals surface area contributed by atoms with E-state index >= 15 is 0 Å². The minimum Gasteiger partial charge on any atom is -0.475 e. The van der Waals surface area contributed by atoms with Crippen molar-refractivity contribution in [3.05, 3.63) is 0 Å². The predicted octanol–water partition coefficient (Wildman–Crippen LogP) is 2.06. The third-order valence-electron chi connectivity index (χ3n) is 3.13. The molecule has 0 aromatic rings. The molecule has 2 rings (SSSR count). The first-order valence-corrected chi connectivity index (χ1v) is 6.40. The molecule has 136 valence electrons. The van der Waals surface area contributed by atoms with E-state index < -0.39 is 24.3 Å². The SMILES string of the molecule is C1CCC2(C1)CCNN2.O=C(O)C(F)(F)F.O=C(O)C(F)(F)F. The summed E-state index contributed by atoms with van der Waals surface area (Å²) in [6.07, 6.45) is -3.20. The highest BCUT2D eigenvalue weighted by atomic mass is 19.4. The van der Waals surface area contributed by atoms with Crippen LogP contribution in [0.3, 0.4) is 0 Å². The lowest BCUT2D eigenvalue weighted by molar-refractivity contribution is -0.193. The largest absolute Gasteiger partial charge is 0.490 e. The van der Waals surface area contributed by atoms with Crippen molar-refractivity contribution in [2.24, 2.45) is 0 Å². The van der Waals surface area contributed by atoms with Crippen molar-refractivity contribution in [1.29, 1.82) is 0 Å². The number of hydrogen-bond acceptors (Lipinski definition) is 4. The van der Waals surface area contributed by atoms with Crippen LogP contribution in [0.5, 0.6) is 0 Å². The molecule has 1 aliphatic heterocycles. The normalized spacial score (nSPS) is 19.4. The number of alkyl halides is 6. The number of hydrogen-bond donors (Lipinski definition) is 4. The fourth-order valence-corrected chi connectivity index (χ4v) is 2.04. The molecule has 2 fully saturated rings. The lowest BCUT2D eigenvalue weighted by Gasteiger charge is -2.20. The van der Waals surface area contributed by atoms with Crippen molar-refractivity contribution in [2.75, 3.05) is 6.54 Å². The Morgan fingerprint density at radius 3 is 1.39 bits per heavy atom. The summed E-state index contributed by atoms with van der Waals surface area (Å²) in [7, 11) is 0. The van der Waals surface area contributed by atoms with Crippen LogP contribution in [-0.2, 0) is 9.59 Å². The van der Waals surface area contributed by atoms with E-state index in [1.54, 1.807) is 0 Å². The van der Waals surface area contributed by atoms with E-state index in [1.807, 2.05) is 0 Å². The van der Waals surface area contributed by atoms with E-state index in [9.17, 15) is 26.3 Å². The zero-order valence-electron chi connectivity index (χ0n) is 11.7. The molecular formula is C11H16F6N2O4. The van der Waals surface area contributed by atoms with Crippen molar-refractivity contribution in [2.45, 2.75) is 50.0 Å². The van der Waals surface area contributed by atoms with E-state index in [4.69, 9.17) is 19.8 Å². The first-order chi connectivity index (χ1) is 10.3. The lowest BCUT2D eigenvalue weighted by atomic mass is 9.96. The number of carbonyl (C=O) groups is 2. The Kier molecular flexibility index (Phi) is 7.77. The lowest BCUT2D eigenvalue weighted by Crippen LogP contribution is -2.40. The molecule has 0 aromatic heterocycles. The van der Waals surface area contributed by atoms with Gasteiger partial charge in [0, 0.05) is 12.1 Å². The maximum absolute atomic E-state index is 10.6. The zero-order chi connectivity index (χ0) is 18.3. The number of halogens is 6. The molecule has 0 unspecified atom stereocenters. The van der Waals surface area contributed by atoms with Crippen molar-refractivity contribution < 1.29 is 46.1 Å². The van der Waals surface area contributed by atoms with Gasteiger partial charge in [0.15, 0.2) is 0 Å². The minimum atomic E-state index is -5.08. The van der Waals surface area contributed by atoms with Crippen LogP contribution >= 0.6 is 0 Å². The number of aliphatic carboxylic acids is 2. The molecule has 0 atom stereocenters. The Morgan fingerprint density at radius 2 is 1.17 bits per heavy atom. The standard InChI is InChI=1S/C7H14N2.2C2HF3O2/c1-2-4-7(3-1)5-6-8-9-7;2*3-2(4,5)1(6)7/h8-9H,1-6H2;2*(H,6,7). The number of hydrazine groups is 1. The number of rotatable bonds is 0. The Morgan fingerprint density at radius 1 is 0.826 bits per heavy atom. The Bertz CT molecular complexity index is 357. The van der Waals surface area contributed by atoms with Gasteiger partial charge in [0.05, 0.1) is 0 Å². The average Bonchev–Trinajstić information content (AvgIpc) is 3.02. The highest BCUT2D eigenvalue weighted by molar-refractivity contribution is 5.73. The van der Waals surface area contributed by atoms with Crippen LogP contribution in [0.1, 0.15) is 32.1 Å². The molecule has 1 saturated heterocycles. The van der Waals surface area contributed by atoms with Crippen LogP contribution in [0.2, 0.25) is 0 Å². The minimum absolute atomic E-state index is 0.528. The van der Waals surface area contributed by atoms with Crippen LogP contribution in [0.25, 0.3) is 0 Å². The Hall–Kier alpha value is -1.56. The number of carboxylic acids is 2. The van der Waals surface area contributed by atoms with Gasteiger partial charge in [-0.25, -0.2) is 9.59 Å². The number of carboxylic acid groups (broad SMARTS) is 2. The van der Waals surface area contributed by atoms with E-state index in [2.05, 4.69) is 10.9 Å². The molecule has 0 radical (unpaired) electrons. The quantitative estimate of drug-likeness (QED) is 0.497. The Labute approximate surface area is 126 Å². The van der Waals surface area contributed by atoms with Crippen molar-refractivity contribution >= 4 is 11.9 Å². The van der Waals surface area contributed by atoms with Gasteiger partial charge in [0.1, 0.15) is 0 Å². The maximum atomic E-state index is 10.6. The van der Waals surface area contributed by atoms with Crippen LogP contribution in [0.15, 0.2) is 0 Å². The average molecular weight is 354 g/mol. The summed E-state index contributed by atoms with van der Waals surface area (Å²) in [6, 6.07) is 0. The van der Waals surface area contributed by atoms with Crippen molar-refractivity contribution in [3.8, 4) is 0 Å². The van der Waals surface area contributed by atoms with Gasteiger partial charge in [-0.1, -0.05) is 12.8 Å². The first-order valence-electron chi connectivity index (χ1n) is 6.40. The molecule has 2 aliphatic rings. The molecule has 12 heteroatoms. The van der Waals surface area contributed by atoms with E-state index in [1.165, 1.54) is 38.6 Å². The Balaban J connectivity index is 0.000000322. The molecule has 1 heterocycles. The third-order valence-corrected chi connectivity index (χ3v) is 3.13. The van der Waals surface area contributed by atoms with Crippen LogP contribution in [0.4, 0.5) is 26.3 Å². The van der Waals surface area contributed by atoms with Gasteiger partial charge < -0.3 is 10.2 Å². The molecule has 4 N–H and O–H groups in total. The molecule has 0 amide bonds. The summed E-state index contributed by atoms with van der Waals surface area (Å²) in [5.74, 6) is -5.51. The zero-order valence-corrected chi connectivity index (χ0v) is 11.7. The fourth-order valence-electron chi connectivity index (χ4n) is 2.04. The van der Waals surface area contributed by atoms with Gasteiger partial charge in [0.25, 0.3) is 0 Å². The molecule has 23 heavy (non-hydrogen) atoms. The highest BCUT2D eigenvalue weighted by Crippen LogP contribution is 2.33. The van der Waals surface area contributed by atoms with E-state index in [-0.39, 0.29) is 0 Å². The monoisotopic (exact) mass is 354 g/mol. The van der Waals surface area contributed by atoms with Crippen molar-refractivity contribution in [3.63, 3.8) is 0 Å². The second kappa shape index (κ2) is 8.34. The summed E-state index contributed by atoms with van der Waals surface area (Å²) >= 11 is 0. The second-order valence-electron chi connectivity index (χ2n) is 4.90. The summed E-state index contributed by atoms with van der Waals surface area (Å²) in [5.41, 5.74) is 7.11. The van der Waals surface area contributed by atoms with Crippen LogP contribution in [-0.4, -0.2) is 46.6 Å². The van der Waals surface area contributed by atoms with Gasteiger partial charge in [-0.2, -0.15) is 26.3 Å². The molecular weight excluding hydrogens is 338 g/mol. The van der Waals surface area contributed by atoms with Crippen LogP contribution in [0, 0.1) is 0 Å². The van der Waals surface area contributed by atoms with Gasteiger partial charge in [0.2, 0.25) is 0 Å². The van der Waals surface area contributed by atoms with Gasteiger partial charge in [-0.15, -0.1) is 0 Å². The summed E-state index contributed by atoms with van der Waals surface area (Å²) in [5, 5.41) is 14.2. The molecule has 1 spiro atoms. The van der Waals surface area contributed by atoms with E-state index in [0.717, 1.165) is 0 Å². The molecule has 0 bridgehead atoms. The first kappa shape index (κ1) is 21.4. The highest BCUT2D eigenvalue weighted by Gasteiger charge is 2.39.